The molecule has 1 unspecified atom stereocenters. The lowest BCUT2D eigenvalue weighted by atomic mass is 9.67. The molecule has 63 heavy (non-hydrogen) atoms. The van der Waals surface area contributed by atoms with E-state index >= 15 is 0 Å². The van der Waals surface area contributed by atoms with Crippen LogP contribution in [0, 0.1) is 5.92 Å². The number of allylic oxidation sites excluding steroid dienone is 3. The molecule has 0 bridgehead atoms. The van der Waals surface area contributed by atoms with E-state index in [1.165, 1.54) is 72.0 Å². The van der Waals surface area contributed by atoms with Gasteiger partial charge in [-0.1, -0.05) is 192 Å². The molecule has 0 fully saturated rings. The third-order valence-electron chi connectivity index (χ3n) is 13.4. The average molecular weight is 815 g/mol. The summed E-state index contributed by atoms with van der Waals surface area (Å²) < 4.78 is 2.39. The maximum Gasteiger partial charge on any atom is 0.0713 e. The number of hydrogen-bond donors (Lipinski definition) is 0. The molecule has 0 spiro atoms. The van der Waals surface area contributed by atoms with Gasteiger partial charge in [-0.2, -0.15) is 0 Å². The molecular formula is C61H54N2. The Hall–Kier alpha value is -7.16. The van der Waals surface area contributed by atoms with Crippen molar-refractivity contribution in [2.24, 2.45) is 5.92 Å². The van der Waals surface area contributed by atoms with Gasteiger partial charge in [0.15, 0.2) is 0 Å². The highest BCUT2D eigenvalue weighted by Crippen LogP contribution is 2.58. The quantitative estimate of drug-likeness (QED) is 0.134. The lowest BCUT2D eigenvalue weighted by Gasteiger charge is -2.34. The second-order valence-electron chi connectivity index (χ2n) is 18.2. The number of hydrogen-bond acceptors (Lipinski definition) is 1. The highest BCUT2D eigenvalue weighted by molar-refractivity contribution is 6.10. The minimum absolute atomic E-state index is 0.0105. The maximum atomic E-state index is 4.93. The molecule has 1 aliphatic carbocycles. The number of rotatable bonds is 10. The van der Waals surface area contributed by atoms with Gasteiger partial charge >= 0.3 is 0 Å². The zero-order chi connectivity index (χ0) is 43.3. The lowest BCUT2D eigenvalue weighted by Crippen LogP contribution is -2.28. The fraction of sp³-hybridized carbons (Fsp3) is 0.148. The summed E-state index contributed by atoms with van der Waals surface area (Å²) in [6.07, 6.45) is 3.10. The van der Waals surface area contributed by atoms with Gasteiger partial charge in [-0.05, 0) is 117 Å². The molecule has 1 heterocycles. The van der Waals surface area contributed by atoms with Crippen LogP contribution in [0.3, 0.4) is 0 Å². The Labute approximate surface area is 373 Å². The molecule has 0 aliphatic heterocycles. The summed E-state index contributed by atoms with van der Waals surface area (Å²) >= 11 is 0. The predicted molar refractivity (Wildman–Crippen MR) is 268 cm³/mol. The molecule has 10 rings (SSSR count). The Morgan fingerprint density at radius 3 is 1.89 bits per heavy atom. The Bertz CT molecular complexity index is 3120. The zero-order valence-corrected chi connectivity index (χ0v) is 37.0. The van der Waals surface area contributed by atoms with Crippen LogP contribution in [0.1, 0.15) is 74.4 Å². The highest BCUT2D eigenvalue weighted by Gasteiger charge is 2.46. The summed E-state index contributed by atoms with van der Waals surface area (Å²) in [6.45, 7) is 16.4. The van der Waals surface area contributed by atoms with E-state index in [1.54, 1.807) is 0 Å². The smallest absolute Gasteiger partial charge is 0.0713 e. The van der Waals surface area contributed by atoms with Crippen LogP contribution >= 0.6 is 0 Å². The van der Waals surface area contributed by atoms with Crippen LogP contribution < -0.4 is 4.90 Å². The second kappa shape index (κ2) is 15.9. The fourth-order valence-electron chi connectivity index (χ4n) is 10.5. The van der Waals surface area contributed by atoms with Crippen LogP contribution in [0.4, 0.5) is 11.4 Å². The van der Waals surface area contributed by atoms with Crippen molar-refractivity contribution in [2.45, 2.75) is 51.9 Å². The van der Waals surface area contributed by atoms with E-state index < -0.39 is 5.41 Å². The number of benzene rings is 8. The summed E-state index contributed by atoms with van der Waals surface area (Å²) in [5.41, 5.74) is 18.0. The molecule has 308 valence electrons. The van der Waals surface area contributed by atoms with Gasteiger partial charge in [0, 0.05) is 39.4 Å². The Morgan fingerprint density at radius 2 is 1.19 bits per heavy atom. The molecule has 2 nitrogen and oxygen atoms in total. The normalized spacial score (nSPS) is 13.8. The van der Waals surface area contributed by atoms with E-state index in [9.17, 15) is 0 Å². The van der Waals surface area contributed by atoms with Crippen molar-refractivity contribution in [3.63, 3.8) is 0 Å². The molecule has 2 heteroatoms. The van der Waals surface area contributed by atoms with Crippen LogP contribution in [0.25, 0.3) is 44.2 Å². The molecule has 1 aliphatic rings. The first-order valence-corrected chi connectivity index (χ1v) is 22.4. The van der Waals surface area contributed by atoms with E-state index in [0.717, 1.165) is 29.1 Å². The summed E-state index contributed by atoms with van der Waals surface area (Å²) in [6, 6.07) is 73.7. The van der Waals surface area contributed by atoms with Crippen molar-refractivity contribution in [3.8, 4) is 16.8 Å². The van der Waals surface area contributed by atoms with Gasteiger partial charge in [0.05, 0.1) is 16.4 Å². The fourth-order valence-corrected chi connectivity index (χ4v) is 10.5. The summed E-state index contributed by atoms with van der Waals surface area (Å²) in [7, 11) is 0. The molecule has 1 atom stereocenters. The van der Waals surface area contributed by atoms with Crippen LogP contribution in [-0.4, -0.2) is 4.57 Å². The topological polar surface area (TPSA) is 8.17 Å². The average Bonchev–Trinajstić information content (AvgIpc) is 3.82. The molecule has 8 aromatic carbocycles. The van der Waals surface area contributed by atoms with Gasteiger partial charge < -0.3 is 9.47 Å². The van der Waals surface area contributed by atoms with E-state index in [2.05, 4.69) is 250 Å². The number of anilines is 2. The van der Waals surface area contributed by atoms with Crippen LogP contribution in [0.2, 0.25) is 0 Å². The number of para-hydroxylation sites is 2. The minimum Gasteiger partial charge on any atom is -0.314 e. The predicted octanol–water partition coefficient (Wildman–Crippen LogP) is 16.2. The SMILES string of the molecule is C=C(CC(C)/C(=C\C)N(c1cccc(C(C)(C)C)c1)c1ccc2c(c1)c1ccccc1n2-c1ccccc1)c1cccc2c1-c1ccccc1C2(c1ccccc1)c1ccccc1. The van der Waals surface area contributed by atoms with E-state index in [4.69, 9.17) is 6.58 Å². The van der Waals surface area contributed by atoms with Gasteiger partial charge in [0.1, 0.15) is 0 Å². The standard InChI is InChI=1S/C61H54N2/c1-7-56(43(3)39-42(2)50-33-22-35-55-59(50)52-32-17-19-34-54(52)61(55,44-23-11-8-12-24-44)45-25-13-9-14-26-45)62(48-30-21-27-46(40-48)60(4,5)6)49-37-38-58-53(41-49)51-31-18-20-36-57(51)63(58)47-28-15-10-16-29-47/h7-38,40-41,43H,2,39H2,1,3-6H3/b56-7+. The van der Waals surface area contributed by atoms with E-state index in [0.29, 0.717) is 0 Å². The monoisotopic (exact) mass is 814 g/mol. The van der Waals surface area contributed by atoms with Crippen LogP contribution in [0.5, 0.6) is 0 Å². The Balaban J connectivity index is 1.09. The Kier molecular flexibility index (Phi) is 10.1. The highest BCUT2D eigenvalue weighted by atomic mass is 15.2. The van der Waals surface area contributed by atoms with E-state index in [-0.39, 0.29) is 11.3 Å². The Morgan fingerprint density at radius 1 is 0.603 bits per heavy atom. The van der Waals surface area contributed by atoms with Crippen LogP contribution in [-0.2, 0) is 10.8 Å². The number of aromatic nitrogens is 1. The third-order valence-corrected chi connectivity index (χ3v) is 13.4. The van der Waals surface area contributed by atoms with Gasteiger partial charge in [-0.25, -0.2) is 0 Å². The van der Waals surface area contributed by atoms with Gasteiger partial charge in [-0.3, -0.25) is 0 Å². The zero-order valence-electron chi connectivity index (χ0n) is 37.0. The molecule has 0 saturated heterocycles. The molecular weight excluding hydrogens is 761 g/mol. The first-order valence-electron chi connectivity index (χ1n) is 22.4. The third kappa shape index (κ3) is 6.64. The summed E-state index contributed by atoms with van der Waals surface area (Å²) in [5, 5.41) is 2.47. The lowest BCUT2D eigenvalue weighted by molar-refractivity contribution is 0.590. The van der Waals surface area contributed by atoms with Crippen molar-refractivity contribution >= 4 is 38.8 Å². The van der Waals surface area contributed by atoms with Crippen molar-refractivity contribution in [1.29, 1.82) is 0 Å². The van der Waals surface area contributed by atoms with Gasteiger partial charge in [-0.15, -0.1) is 0 Å². The van der Waals surface area contributed by atoms with Gasteiger partial charge in [0.25, 0.3) is 0 Å². The summed E-state index contributed by atoms with van der Waals surface area (Å²) in [4.78, 5) is 2.50. The van der Waals surface area contributed by atoms with Crippen molar-refractivity contribution < 1.29 is 0 Å². The molecule has 0 saturated carbocycles. The van der Waals surface area contributed by atoms with E-state index in [1.807, 2.05) is 0 Å². The van der Waals surface area contributed by atoms with Crippen molar-refractivity contribution in [1.82, 2.24) is 4.57 Å². The summed E-state index contributed by atoms with van der Waals surface area (Å²) in [5.74, 6) is 0.127. The largest absolute Gasteiger partial charge is 0.314 e. The first-order chi connectivity index (χ1) is 30.7. The number of nitrogens with zero attached hydrogens (tertiary/aromatic N) is 2. The van der Waals surface area contributed by atoms with Crippen LogP contribution in [0.15, 0.2) is 219 Å². The van der Waals surface area contributed by atoms with Gasteiger partial charge in [0.2, 0.25) is 0 Å². The molecule has 0 N–H and O–H groups in total. The second-order valence-corrected chi connectivity index (χ2v) is 18.2. The molecule has 1 aromatic heterocycles. The maximum absolute atomic E-state index is 4.93. The molecule has 9 aromatic rings. The van der Waals surface area contributed by atoms with Crippen molar-refractivity contribution in [2.75, 3.05) is 4.90 Å². The van der Waals surface area contributed by atoms with Crippen molar-refractivity contribution in [3.05, 3.63) is 252 Å². The first kappa shape index (κ1) is 39.9. The molecule has 0 radical (unpaired) electrons. The minimum atomic E-state index is -0.456. The molecule has 0 amide bonds. The number of fused-ring (bicyclic) bond motifs is 6.